The molecule has 0 saturated heterocycles. The number of aromatic nitrogens is 1. The van der Waals surface area contributed by atoms with Crippen molar-refractivity contribution in [3.8, 4) is 0 Å². The minimum atomic E-state index is -0.151. The zero-order valence-electron chi connectivity index (χ0n) is 11.1. The van der Waals surface area contributed by atoms with E-state index in [0.29, 0.717) is 4.25 Å². The second kappa shape index (κ2) is 4.63. The number of fused-ring (bicyclic) bond motifs is 3. The van der Waals surface area contributed by atoms with E-state index in [1.165, 1.54) is 9.78 Å². The summed E-state index contributed by atoms with van der Waals surface area (Å²) in [5, 5.41) is 2.34. The Morgan fingerprint density at radius 1 is 1.16 bits per heavy atom. The van der Waals surface area contributed by atoms with Crippen LogP contribution >= 0.6 is 15.9 Å². The quantitative estimate of drug-likeness (QED) is 0.467. The fourth-order valence-electron chi connectivity index (χ4n) is 2.18. The summed E-state index contributed by atoms with van der Waals surface area (Å²) in [6.07, 6.45) is 1.81. The van der Waals surface area contributed by atoms with Crippen molar-refractivity contribution < 1.29 is 4.42 Å². The molecule has 3 aromatic rings. The molecule has 0 atom stereocenters. The van der Waals surface area contributed by atoms with Crippen LogP contribution in [0.1, 0.15) is 20.8 Å². The van der Waals surface area contributed by atoms with Crippen LogP contribution in [0, 0.1) is 0 Å². The first-order valence-corrected chi connectivity index (χ1v) is 9.08. The molecule has 1 aromatic carbocycles. The summed E-state index contributed by atoms with van der Waals surface area (Å²) in [4.78, 5) is 4.22. The molecule has 2 heterocycles. The van der Waals surface area contributed by atoms with Crippen molar-refractivity contribution in [2.24, 2.45) is 0 Å². The van der Waals surface area contributed by atoms with Gasteiger partial charge in [0, 0.05) is 0 Å². The van der Waals surface area contributed by atoms with Gasteiger partial charge in [0.1, 0.15) is 0 Å². The van der Waals surface area contributed by atoms with Gasteiger partial charge in [-0.2, -0.15) is 0 Å². The molecule has 3 rings (SSSR count). The Balaban J connectivity index is 2.22. The number of halogens is 1. The molecule has 0 amide bonds. The molecular formula is C15H14BrGeNO. The van der Waals surface area contributed by atoms with Crippen molar-refractivity contribution in [1.29, 1.82) is 0 Å². The molecule has 0 fully saturated rings. The zero-order valence-corrected chi connectivity index (χ0v) is 14.8. The second-order valence-electron chi connectivity index (χ2n) is 5.67. The fraction of sp³-hybridized carbons (Fsp3) is 0.267. The van der Waals surface area contributed by atoms with Crippen LogP contribution in [0.15, 0.2) is 39.5 Å². The third kappa shape index (κ3) is 2.58. The van der Waals surface area contributed by atoms with E-state index in [4.69, 9.17) is 4.42 Å². The second-order valence-corrected chi connectivity index (χ2v) is 11.3. The number of hydrogen-bond donors (Lipinski definition) is 0. The van der Waals surface area contributed by atoms with Crippen molar-refractivity contribution in [3.05, 3.63) is 35.1 Å². The molecule has 0 bridgehead atoms. The van der Waals surface area contributed by atoms with Gasteiger partial charge in [-0.3, -0.25) is 0 Å². The Hall–Kier alpha value is -0.807. The van der Waals surface area contributed by atoms with Gasteiger partial charge < -0.3 is 0 Å². The zero-order chi connectivity index (χ0) is 13.6. The number of furan rings is 1. The van der Waals surface area contributed by atoms with Crippen molar-refractivity contribution in [2.75, 3.05) is 0 Å². The Morgan fingerprint density at radius 3 is 2.68 bits per heavy atom. The van der Waals surface area contributed by atoms with E-state index in [-0.39, 0.29) is 15.4 Å². The molecule has 0 N–H and O–H groups in total. The van der Waals surface area contributed by atoms with Crippen molar-refractivity contribution in [2.45, 2.75) is 25.0 Å². The van der Waals surface area contributed by atoms with Crippen LogP contribution in [0.2, 0.25) is 4.25 Å². The average molecular weight is 377 g/mol. The molecule has 0 spiro atoms. The molecule has 4 heteroatoms. The maximum absolute atomic E-state index is 5.87. The molecule has 0 aliphatic carbocycles. The Bertz CT molecular complexity index is 758. The summed E-state index contributed by atoms with van der Waals surface area (Å²) < 4.78 is 8.53. The van der Waals surface area contributed by atoms with Gasteiger partial charge >= 0.3 is 127 Å². The van der Waals surface area contributed by atoms with Gasteiger partial charge in [-0.05, 0) is 0 Å². The van der Waals surface area contributed by atoms with Gasteiger partial charge in [0.15, 0.2) is 0 Å². The van der Waals surface area contributed by atoms with Crippen LogP contribution in [0.4, 0.5) is 0 Å². The van der Waals surface area contributed by atoms with E-state index >= 15 is 0 Å². The van der Waals surface area contributed by atoms with Gasteiger partial charge in [0.25, 0.3) is 0 Å². The molecule has 2 aromatic heterocycles. The molecular weight excluding hydrogens is 363 g/mol. The third-order valence-electron chi connectivity index (χ3n) is 2.86. The van der Waals surface area contributed by atoms with Crippen molar-refractivity contribution in [3.63, 3.8) is 0 Å². The molecule has 2 nitrogen and oxygen atoms in total. The normalized spacial score (nSPS) is 12.4. The SMILES string of the molecule is C[C](C)(C)[Ge][c]1ccc2oc3c(Br)nccc3c2c1. The molecule has 19 heavy (non-hydrogen) atoms. The van der Waals surface area contributed by atoms with E-state index in [9.17, 15) is 0 Å². The molecule has 0 aliphatic heterocycles. The Labute approximate surface area is 127 Å². The van der Waals surface area contributed by atoms with E-state index in [1.807, 2.05) is 12.3 Å². The molecule has 0 unspecified atom stereocenters. The van der Waals surface area contributed by atoms with Gasteiger partial charge in [0.05, 0.1) is 0 Å². The van der Waals surface area contributed by atoms with Gasteiger partial charge in [-0.1, -0.05) is 0 Å². The first kappa shape index (κ1) is 13.2. The van der Waals surface area contributed by atoms with E-state index in [0.717, 1.165) is 21.2 Å². The fourth-order valence-corrected chi connectivity index (χ4v) is 5.22. The summed E-state index contributed by atoms with van der Waals surface area (Å²) in [5.74, 6) is 0. The van der Waals surface area contributed by atoms with Crippen molar-refractivity contribution in [1.82, 2.24) is 4.98 Å². The standard InChI is InChI=1S/C15H14BrGeNO/c1-15(2,3)17-9-4-5-12-11(8-9)10-6-7-18-14(16)13(10)19-12/h4-8H,1-3H3. The number of rotatable bonds is 1. The maximum atomic E-state index is 5.87. The third-order valence-corrected chi connectivity index (χ3v) is 6.26. The van der Waals surface area contributed by atoms with Crippen LogP contribution in [-0.2, 0) is 0 Å². The van der Waals surface area contributed by atoms with Crippen LogP contribution in [0.3, 0.4) is 0 Å². The number of benzene rings is 1. The summed E-state index contributed by atoms with van der Waals surface area (Å²) in [7, 11) is 0. The molecule has 96 valence electrons. The van der Waals surface area contributed by atoms with Crippen LogP contribution < -0.4 is 4.40 Å². The molecule has 0 saturated carbocycles. The summed E-state index contributed by atoms with van der Waals surface area (Å²) in [5.41, 5.74) is 1.78. The van der Waals surface area contributed by atoms with Crippen LogP contribution in [0.5, 0.6) is 0 Å². The predicted octanol–water partition coefficient (Wildman–Crippen LogP) is 4.29. The minimum absolute atomic E-state index is 0.151. The van der Waals surface area contributed by atoms with E-state index < -0.39 is 0 Å². The van der Waals surface area contributed by atoms with Gasteiger partial charge in [-0.25, -0.2) is 0 Å². The summed E-state index contributed by atoms with van der Waals surface area (Å²) in [6, 6.07) is 8.61. The number of hydrogen-bond acceptors (Lipinski definition) is 2. The van der Waals surface area contributed by atoms with E-state index in [2.05, 4.69) is 59.9 Å². The van der Waals surface area contributed by atoms with Gasteiger partial charge in [0.2, 0.25) is 0 Å². The Morgan fingerprint density at radius 2 is 1.95 bits per heavy atom. The number of pyridine rings is 1. The molecule has 2 radical (unpaired) electrons. The first-order chi connectivity index (χ1) is 8.94. The summed E-state index contributed by atoms with van der Waals surface area (Å²) >= 11 is 3.29. The average Bonchev–Trinajstić information content (AvgIpc) is 2.67. The number of nitrogens with zero attached hydrogens (tertiary/aromatic N) is 1. The van der Waals surface area contributed by atoms with Gasteiger partial charge in [-0.15, -0.1) is 0 Å². The summed E-state index contributed by atoms with van der Waals surface area (Å²) in [6.45, 7) is 6.93. The van der Waals surface area contributed by atoms with E-state index in [1.54, 1.807) is 0 Å². The predicted molar refractivity (Wildman–Crippen MR) is 84.3 cm³/mol. The van der Waals surface area contributed by atoms with Crippen LogP contribution in [-0.4, -0.2) is 20.4 Å². The Kier molecular flexibility index (Phi) is 3.22. The first-order valence-electron chi connectivity index (χ1n) is 6.19. The topological polar surface area (TPSA) is 26.0 Å². The van der Waals surface area contributed by atoms with Crippen molar-refractivity contribution >= 4 is 57.7 Å². The monoisotopic (exact) mass is 377 g/mol. The van der Waals surface area contributed by atoms with Crippen LogP contribution in [0.25, 0.3) is 21.9 Å². The molecule has 0 aliphatic rings.